The third kappa shape index (κ3) is 3.20. The highest BCUT2D eigenvalue weighted by Gasteiger charge is 2.52. The molecule has 0 aromatic heterocycles. The summed E-state index contributed by atoms with van der Waals surface area (Å²) in [7, 11) is 0. The van der Waals surface area contributed by atoms with Crippen LogP contribution in [0.1, 0.15) is 64.8 Å². The number of benzene rings is 1. The highest BCUT2D eigenvalue weighted by Crippen LogP contribution is 2.49. The molecule has 1 atom stereocenters. The SMILES string of the molecule is O=C1CCC(N2C(=O)c3cc4c(cc3C2=O)OCC2(CCN(C3CC5(CNC5)C3)CC2)C4)C(=O)N1. The topological polar surface area (TPSA) is 108 Å². The molecular weight excluding hydrogens is 448 g/mol. The standard InChI is InChI=1S/C26H30N4O5/c31-21-2-1-19(22(32)28-21)30-23(33)17-7-15-9-25(14-35-20(15)8-18(17)24(30)34)3-5-29(6-4-25)16-10-26(11-16)12-27-13-26/h7-8,16,19,27H,1-6,9-14H2,(H,28,31,32). The van der Waals surface area contributed by atoms with Gasteiger partial charge in [0, 0.05) is 31.0 Å². The number of hydrogen-bond acceptors (Lipinski definition) is 7. The molecule has 1 aromatic carbocycles. The van der Waals surface area contributed by atoms with Crippen LogP contribution in [0.3, 0.4) is 0 Å². The first-order valence-electron chi connectivity index (χ1n) is 12.8. The van der Waals surface area contributed by atoms with Crippen LogP contribution in [-0.4, -0.2) is 78.3 Å². The van der Waals surface area contributed by atoms with Crippen molar-refractivity contribution in [3.63, 3.8) is 0 Å². The van der Waals surface area contributed by atoms with Gasteiger partial charge in [-0.25, -0.2) is 0 Å². The minimum atomic E-state index is -0.949. The van der Waals surface area contributed by atoms with Crippen LogP contribution in [0.25, 0.3) is 0 Å². The van der Waals surface area contributed by atoms with E-state index in [-0.39, 0.29) is 29.7 Å². The van der Waals surface area contributed by atoms with Gasteiger partial charge in [-0.3, -0.25) is 29.4 Å². The number of hydrogen-bond donors (Lipinski definition) is 2. The highest BCUT2D eigenvalue weighted by atomic mass is 16.5. The second kappa shape index (κ2) is 7.36. The zero-order valence-electron chi connectivity index (χ0n) is 19.7. The van der Waals surface area contributed by atoms with Gasteiger partial charge in [0.15, 0.2) is 0 Å². The first kappa shape index (κ1) is 21.5. The molecule has 9 heteroatoms. The van der Waals surface area contributed by atoms with Crippen molar-refractivity contribution in [3.05, 3.63) is 28.8 Å². The van der Waals surface area contributed by atoms with Gasteiger partial charge in [-0.1, -0.05) is 0 Å². The molecule has 0 bridgehead atoms. The van der Waals surface area contributed by atoms with Crippen molar-refractivity contribution >= 4 is 23.6 Å². The number of carbonyl (C=O) groups is 4. The minimum absolute atomic E-state index is 0.0617. The van der Waals surface area contributed by atoms with Crippen LogP contribution >= 0.6 is 0 Å². The second-order valence-corrected chi connectivity index (χ2v) is 11.6. The molecule has 6 aliphatic rings. The summed E-state index contributed by atoms with van der Waals surface area (Å²) in [6.07, 6.45) is 5.88. The van der Waals surface area contributed by atoms with Gasteiger partial charge in [0.05, 0.1) is 17.7 Å². The molecule has 0 radical (unpaired) electrons. The van der Waals surface area contributed by atoms with Gasteiger partial charge in [0.2, 0.25) is 11.8 Å². The predicted molar refractivity (Wildman–Crippen MR) is 124 cm³/mol. The molecule has 5 heterocycles. The van der Waals surface area contributed by atoms with E-state index in [1.165, 1.54) is 25.9 Å². The van der Waals surface area contributed by atoms with Crippen molar-refractivity contribution in [2.75, 3.05) is 32.8 Å². The summed E-state index contributed by atoms with van der Waals surface area (Å²) in [4.78, 5) is 53.8. The number of carbonyl (C=O) groups excluding carboxylic acids is 4. The second-order valence-electron chi connectivity index (χ2n) is 11.6. The van der Waals surface area contributed by atoms with E-state index in [1.807, 2.05) is 6.07 Å². The third-order valence-electron chi connectivity index (χ3n) is 9.43. The molecule has 1 aliphatic carbocycles. The van der Waals surface area contributed by atoms with E-state index >= 15 is 0 Å². The summed E-state index contributed by atoms with van der Waals surface area (Å²) >= 11 is 0. The summed E-state index contributed by atoms with van der Waals surface area (Å²) in [6.45, 7) is 5.15. The zero-order valence-corrected chi connectivity index (χ0v) is 19.7. The molecule has 5 aliphatic heterocycles. The Morgan fingerprint density at radius 1 is 0.943 bits per heavy atom. The third-order valence-corrected chi connectivity index (χ3v) is 9.43. The summed E-state index contributed by atoms with van der Waals surface area (Å²) in [6, 6.07) is 3.26. The van der Waals surface area contributed by atoms with Crippen LogP contribution < -0.4 is 15.4 Å². The molecule has 7 rings (SSSR count). The Bertz CT molecular complexity index is 1160. The number of likely N-dealkylation sites (tertiary alicyclic amines) is 1. The maximum Gasteiger partial charge on any atom is 0.262 e. The molecule has 9 nitrogen and oxygen atoms in total. The van der Waals surface area contributed by atoms with Gasteiger partial charge in [0.1, 0.15) is 11.8 Å². The van der Waals surface area contributed by atoms with Crippen LogP contribution in [0, 0.1) is 10.8 Å². The Labute approximate surface area is 203 Å². The van der Waals surface area contributed by atoms with E-state index in [9.17, 15) is 19.2 Å². The normalized spacial score (nSPS) is 29.4. The van der Waals surface area contributed by atoms with Crippen molar-refractivity contribution in [2.45, 2.75) is 57.0 Å². The number of nitrogens with zero attached hydrogens (tertiary/aromatic N) is 2. The lowest BCUT2D eigenvalue weighted by atomic mass is 9.60. The van der Waals surface area contributed by atoms with Crippen LogP contribution in [0.15, 0.2) is 12.1 Å². The first-order valence-corrected chi connectivity index (χ1v) is 12.8. The molecule has 184 valence electrons. The van der Waals surface area contributed by atoms with Gasteiger partial charge in [-0.2, -0.15) is 0 Å². The Hall–Kier alpha value is -2.78. The molecule has 1 saturated carbocycles. The van der Waals surface area contributed by atoms with Crippen molar-refractivity contribution < 1.29 is 23.9 Å². The fraction of sp³-hybridized carbons (Fsp3) is 0.615. The van der Waals surface area contributed by atoms with Crippen LogP contribution in [0.4, 0.5) is 0 Å². The minimum Gasteiger partial charge on any atom is -0.493 e. The molecule has 2 N–H and O–H groups in total. The van der Waals surface area contributed by atoms with E-state index in [0.29, 0.717) is 23.3 Å². The molecule has 2 spiro atoms. The van der Waals surface area contributed by atoms with Gasteiger partial charge >= 0.3 is 0 Å². The lowest BCUT2D eigenvalue weighted by Crippen LogP contribution is -2.66. The number of amides is 4. The Morgan fingerprint density at radius 2 is 1.66 bits per heavy atom. The van der Waals surface area contributed by atoms with Crippen LogP contribution in [0.2, 0.25) is 0 Å². The first-order chi connectivity index (χ1) is 16.9. The lowest BCUT2D eigenvalue weighted by Gasteiger charge is -2.59. The van der Waals surface area contributed by atoms with Crippen molar-refractivity contribution in [3.8, 4) is 5.75 Å². The van der Waals surface area contributed by atoms with Crippen LogP contribution in [0.5, 0.6) is 5.75 Å². The summed E-state index contributed by atoms with van der Waals surface area (Å²) in [5.74, 6) is -1.24. The monoisotopic (exact) mass is 478 g/mol. The van der Waals surface area contributed by atoms with E-state index in [4.69, 9.17) is 4.74 Å². The summed E-state index contributed by atoms with van der Waals surface area (Å²) in [5.41, 5.74) is 2.24. The van der Waals surface area contributed by atoms with Crippen molar-refractivity contribution in [2.24, 2.45) is 10.8 Å². The van der Waals surface area contributed by atoms with E-state index < -0.39 is 23.8 Å². The molecular formula is C26H30N4O5. The number of rotatable bonds is 2. The maximum absolute atomic E-state index is 13.2. The Morgan fingerprint density at radius 3 is 2.31 bits per heavy atom. The number of fused-ring (bicyclic) bond motifs is 2. The molecule has 35 heavy (non-hydrogen) atoms. The van der Waals surface area contributed by atoms with Gasteiger partial charge in [0.25, 0.3) is 11.8 Å². The van der Waals surface area contributed by atoms with Crippen LogP contribution in [-0.2, 0) is 16.0 Å². The smallest absolute Gasteiger partial charge is 0.262 e. The van der Waals surface area contributed by atoms with E-state index in [1.54, 1.807) is 6.07 Å². The fourth-order valence-electron chi connectivity index (χ4n) is 7.15. The highest BCUT2D eigenvalue weighted by molar-refractivity contribution is 6.23. The van der Waals surface area contributed by atoms with E-state index in [0.717, 1.165) is 48.9 Å². The number of nitrogens with one attached hydrogen (secondary N) is 2. The lowest BCUT2D eigenvalue weighted by molar-refractivity contribution is -0.136. The molecule has 4 amide bonds. The van der Waals surface area contributed by atoms with Crippen molar-refractivity contribution in [1.29, 1.82) is 0 Å². The number of imide groups is 2. The van der Waals surface area contributed by atoms with Crippen molar-refractivity contribution in [1.82, 2.24) is 20.4 Å². The Balaban J connectivity index is 1.07. The summed E-state index contributed by atoms with van der Waals surface area (Å²) in [5, 5.41) is 5.66. The zero-order chi connectivity index (χ0) is 23.9. The summed E-state index contributed by atoms with van der Waals surface area (Å²) < 4.78 is 6.20. The van der Waals surface area contributed by atoms with E-state index in [2.05, 4.69) is 15.5 Å². The number of ether oxygens (including phenoxy) is 1. The largest absolute Gasteiger partial charge is 0.493 e. The average molecular weight is 479 g/mol. The van der Waals surface area contributed by atoms with Gasteiger partial charge in [-0.05, 0) is 74.7 Å². The Kier molecular flexibility index (Phi) is 4.52. The average Bonchev–Trinajstić information content (AvgIpc) is 3.01. The molecule has 1 unspecified atom stereocenters. The maximum atomic E-state index is 13.2. The quantitative estimate of drug-likeness (QED) is 0.607. The fourth-order valence-corrected chi connectivity index (χ4v) is 7.15. The van der Waals surface area contributed by atoms with Gasteiger partial charge < -0.3 is 15.0 Å². The predicted octanol–water partition coefficient (Wildman–Crippen LogP) is 0.857. The number of piperidine rings is 2. The van der Waals surface area contributed by atoms with Gasteiger partial charge in [-0.15, -0.1) is 0 Å². The molecule has 1 aromatic rings. The molecule has 4 fully saturated rings. The molecule has 3 saturated heterocycles.